The summed E-state index contributed by atoms with van der Waals surface area (Å²) in [4.78, 5) is 9.63. The van der Waals surface area contributed by atoms with E-state index in [0.29, 0.717) is 17.5 Å². The van der Waals surface area contributed by atoms with Crippen LogP contribution in [0.3, 0.4) is 0 Å². The predicted molar refractivity (Wildman–Crippen MR) is 267 cm³/mol. The maximum atomic E-state index is 14.7. The Bertz CT molecular complexity index is 3220. The van der Waals surface area contributed by atoms with Gasteiger partial charge >= 0.3 is 0 Å². The number of benzene rings is 6. The fraction of sp³-hybridized carbons (Fsp3) is 0.250. The summed E-state index contributed by atoms with van der Waals surface area (Å²) in [5, 5.41) is 3.65. The molecule has 7 heteroatoms. The van der Waals surface area contributed by atoms with Gasteiger partial charge in [-0.05, 0) is 98.2 Å². The van der Waals surface area contributed by atoms with Crippen LogP contribution in [0.5, 0.6) is 0 Å². The van der Waals surface area contributed by atoms with E-state index in [9.17, 15) is 4.39 Å². The minimum absolute atomic E-state index is 0. The summed E-state index contributed by atoms with van der Waals surface area (Å²) in [5.41, 5.74) is 11.7. The number of rotatable bonds is 8. The molecule has 0 amide bonds. The first kappa shape index (κ1) is 40.7. The smallest absolute Gasteiger partial charge is 0.0799 e. The third-order valence-corrected chi connectivity index (χ3v) is 14.7. The van der Waals surface area contributed by atoms with Crippen LogP contribution in [0, 0.1) is 31.7 Å². The molecule has 0 unspecified atom stereocenters. The van der Waals surface area contributed by atoms with Crippen molar-refractivity contribution in [2.45, 2.75) is 92.7 Å². The second-order valence-electron chi connectivity index (χ2n) is 18.0. The Hall–Kier alpha value is -5.04. The largest absolute Gasteiger partial charge is 0.333 e. The van der Waals surface area contributed by atoms with Crippen molar-refractivity contribution in [3.8, 4) is 39.5 Å². The van der Waals surface area contributed by atoms with Crippen molar-refractivity contribution in [2.75, 3.05) is 0 Å². The summed E-state index contributed by atoms with van der Waals surface area (Å²) >= 11 is 1.82. The molecule has 0 saturated carbocycles. The van der Waals surface area contributed by atoms with Crippen molar-refractivity contribution in [3.63, 3.8) is 0 Å². The molecule has 63 heavy (non-hydrogen) atoms. The van der Waals surface area contributed by atoms with Crippen molar-refractivity contribution < 1.29 is 30.0 Å². The first-order chi connectivity index (χ1) is 31.1. The molecule has 3 aromatic heterocycles. The number of para-hydroxylation sites is 2. The molecule has 0 aliphatic heterocycles. The average Bonchev–Trinajstić information content (AvgIpc) is 3.84. The first-order valence-corrected chi connectivity index (χ1v) is 25.7. The zero-order valence-corrected chi connectivity index (χ0v) is 41.9. The zero-order chi connectivity index (χ0) is 47.5. The Kier molecular flexibility index (Phi) is 12.0. The Labute approximate surface area is 397 Å². The molecule has 0 saturated heterocycles. The molecule has 0 atom stereocenters. The van der Waals surface area contributed by atoms with E-state index < -0.39 is 26.6 Å². The number of aromatic nitrogens is 3. The Balaban J connectivity index is 0.000000221. The fourth-order valence-corrected chi connectivity index (χ4v) is 11.1. The van der Waals surface area contributed by atoms with Gasteiger partial charge < -0.3 is 9.55 Å². The van der Waals surface area contributed by atoms with E-state index in [2.05, 4.69) is 173 Å². The number of thiophene rings is 1. The Morgan fingerprint density at radius 3 is 2.14 bits per heavy atom. The van der Waals surface area contributed by atoms with E-state index in [1.807, 2.05) is 11.3 Å². The number of imidazole rings is 1. The van der Waals surface area contributed by atoms with E-state index in [1.54, 1.807) is 26.1 Å². The predicted octanol–water partition coefficient (Wildman–Crippen LogP) is 15.7. The Morgan fingerprint density at radius 2 is 1.48 bits per heavy atom. The number of hydrogen-bond acceptors (Lipinski definition) is 3. The number of hydrogen-bond donors (Lipinski definition) is 0. The number of halogens is 1. The number of nitrogens with zero attached hydrogens (tertiary/aromatic N) is 3. The van der Waals surface area contributed by atoms with Gasteiger partial charge in [0.2, 0.25) is 0 Å². The van der Waals surface area contributed by atoms with Crippen LogP contribution in [0.15, 0.2) is 121 Å². The summed E-state index contributed by atoms with van der Waals surface area (Å²) < 4.78 is 50.5. The molecule has 3 nitrogen and oxygen atoms in total. The molecule has 0 fully saturated rings. The van der Waals surface area contributed by atoms with E-state index in [0.717, 1.165) is 33.2 Å². The normalized spacial score (nSPS) is 13.1. The summed E-state index contributed by atoms with van der Waals surface area (Å²) in [7, 11) is -1.74. The average molecular weight is 1050 g/mol. The van der Waals surface area contributed by atoms with E-state index in [4.69, 9.17) is 10.5 Å². The molecule has 0 aliphatic carbocycles. The summed E-state index contributed by atoms with van der Waals surface area (Å²) in [5.74, 6) is -0.0942. The van der Waals surface area contributed by atoms with Crippen LogP contribution in [-0.2, 0) is 20.1 Å². The van der Waals surface area contributed by atoms with Gasteiger partial charge in [-0.1, -0.05) is 156 Å². The number of pyridine rings is 1. The monoisotopic (exact) mass is 1050 g/mol. The Morgan fingerprint density at radius 1 is 0.778 bits per heavy atom. The topological polar surface area (TPSA) is 30.7 Å². The van der Waals surface area contributed by atoms with E-state index in [1.165, 1.54) is 65.8 Å². The van der Waals surface area contributed by atoms with Gasteiger partial charge in [0.15, 0.2) is 0 Å². The molecule has 1 radical (unpaired) electrons. The third kappa shape index (κ3) is 9.04. The fourth-order valence-electron chi connectivity index (χ4n) is 8.38. The van der Waals surface area contributed by atoms with Gasteiger partial charge in [0, 0.05) is 48.0 Å². The second kappa shape index (κ2) is 18.6. The van der Waals surface area contributed by atoms with Crippen molar-refractivity contribution in [3.05, 3.63) is 167 Å². The van der Waals surface area contributed by atoms with Crippen molar-refractivity contribution in [2.24, 2.45) is 0 Å². The molecule has 323 valence electrons. The molecule has 6 aromatic carbocycles. The van der Waals surface area contributed by atoms with Crippen LogP contribution in [0.1, 0.15) is 92.6 Å². The standard InChI is InChI=1S/C38H33N2S.C18H23FNSi.Ir/c1-23(2)30-20-28(26-13-7-6-8-14-26)21-31(24(3)4)37(30)40-33-16-10-9-15-32(33)39-38(40)27-18-19-29-35(22-27)41-34-17-11-12-25(5)36(29)34;1-12(2)15-10-16(20-11-17(15)21(4,5)6)14-9-7-8-13(3)18(14)19;/h6-21,23-24H,1-5H3;7-8,10-12H,1-6H3;/q2*-1;/i;3D3,12D;. The minimum atomic E-state index is -2.54. The van der Waals surface area contributed by atoms with Crippen LogP contribution < -0.4 is 5.19 Å². The van der Waals surface area contributed by atoms with Crippen molar-refractivity contribution in [1.82, 2.24) is 14.5 Å². The summed E-state index contributed by atoms with van der Waals surface area (Å²) in [6.07, 6.45) is 1.71. The SMILES string of the molecule is Cc1cccc2sc3[c-]c(-c4nc5ccccc5n4-c4c(C(C)C)cc(-c5ccccc5)cc4C(C)C)ccc3c12.[2H]C([2H])([2H])c1cc[c-]c(-c2cc(C([2H])(C)C)c([Si](C)(C)C)cn2)c1F.[Ir]. The molecule has 9 aromatic rings. The third-order valence-electron chi connectivity index (χ3n) is 11.6. The molecular weight excluding hydrogens is 986 g/mol. The summed E-state index contributed by atoms with van der Waals surface area (Å²) in [6.45, 7) is 18.9. The number of fused-ring (bicyclic) bond motifs is 4. The molecule has 0 N–H and O–H groups in total. The van der Waals surface area contributed by atoms with Gasteiger partial charge in [0.1, 0.15) is 0 Å². The van der Waals surface area contributed by atoms with Crippen molar-refractivity contribution in [1.29, 1.82) is 0 Å². The quantitative estimate of drug-likeness (QED) is 0.112. The van der Waals surface area contributed by atoms with Crippen LogP contribution in [0.4, 0.5) is 4.39 Å². The zero-order valence-electron chi connectivity index (χ0n) is 41.7. The first-order valence-electron chi connectivity index (χ1n) is 23.4. The van der Waals surface area contributed by atoms with Crippen LogP contribution in [0.25, 0.3) is 70.7 Å². The van der Waals surface area contributed by atoms with Gasteiger partial charge in [-0.25, -0.2) is 0 Å². The molecule has 0 spiro atoms. The molecular formula is C56H56FIrN3SSi-2. The second-order valence-corrected chi connectivity index (χ2v) is 24.1. The van der Waals surface area contributed by atoms with Crippen LogP contribution >= 0.6 is 11.3 Å². The van der Waals surface area contributed by atoms with Crippen molar-refractivity contribution >= 4 is 55.8 Å². The van der Waals surface area contributed by atoms with Gasteiger partial charge in [-0.2, -0.15) is 11.3 Å². The van der Waals surface area contributed by atoms with Gasteiger partial charge in [-0.15, -0.1) is 42.0 Å². The summed E-state index contributed by atoms with van der Waals surface area (Å²) in [6, 6.07) is 46.0. The van der Waals surface area contributed by atoms with Crippen LogP contribution in [0.2, 0.25) is 19.6 Å². The maximum absolute atomic E-state index is 14.7. The number of aryl methyl sites for hydroxylation is 2. The maximum Gasteiger partial charge on any atom is 0.0799 e. The molecule has 0 aliphatic rings. The van der Waals surface area contributed by atoms with Gasteiger partial charge in [0.05, 0.1) is 24.9 Å². The van der Waals surface area contributed by atoms with E-state index in [-0.39, 0.29) is 31.2 Å². The molecule has 9 rings (SSSR count). The molecule has 3 heterocycles. The van der Waals surface area contributed by atoms with Crippen LogP contribution in [-0.4, -0.2) is 22.6 Å². The van der Waals surface area contributed by atoms with Gasteiger partial charge in [-0.3, -0.25) is 9.37 Å². The van der Waals surface area contributed by atoms with Gasteiger partial charge in [0.25, 0.3) is 0 Å². The van der Waals surface area contributed by atoms with E-state index >= 15 is 0 Å². The minimum Gasteiger partial charge on any atom is -0.333 e. The molecule has 0 bridgehead atoms.